The van der Waals surface area contributed by atoms with Crippen LogP contribution < -0.4 is 5.32 Å². The van der Waals surface area contributed by atoms with Crippen LogP contribution in [0.25, 0.3) is 0 Å². The van der Waals surface area contributed by atoms with Gasteiger partial charge in [0.05, 0.1) is 11.6 Å². The van der Waals surface area contributed by atoms with Crippen LogP contribution in [0.1, 0.15) is 30.6 Å². The largest absolute Gasteiger partial charge is 0.376 e. The Morgan fingerprint density at radius 3 is 2.65 bits per heavy atom. The van der Waals surface area contributed by atoms with Gasteiger partial charge in [-0.3, -0.25) is 4.79 Å². The van der Waals surface area contributed by atoms with Crippen molar-refractivity contribution in [2.75, 3.05) is 6.61 Å². The van der Waals surface area contributed by atoms with Crippen LogP contribution in [-0.4, -0.2) is 24.2 Å². The predicted octanol–water partition coefficient (Wildman–Crippen LogP) is 2.75. The SMILES string of the molecule is CC1OCCC1(C)NC(=O)c1ccc(Br)cc1. The molecular weight excluding hydrogens is 282 g/mol. The van der Waals surface area contributed by atoms with E-state index >= 15 is 0 Å². The summed E-state index contributed by atoms with van der Waals surface area (Å²) in [5.41, 5.74) is 0.415. The molecule has 1 aromatic rings. The highest BCUT2D eigenvalue weighted by Gasteiger charge is 2.38. The van der Waals surface area contributed by atoms with Gasteiger partial charge in [0.25, 0.3) is 5.91 Å². The summed E-state index contributed by atoms with van der Waals surface area (Å²) in [5, 5.41) is 3.06. The average molecular weight is 298 g/mol. The Hall–Kier alpha value is -0.870. The first-order valence-corrected chi connectivity index (χ1v) is 6.50. The zero-order valence-electron chi connectivity index (χ0n) is 10.00. The summed E-state index contributed by atoms with van der Waals surface area (Å²) in [6, 6.07) is 7.35. The van der Waals surface area contributed by atoms with Crippen molar-refractivity contribution in [3.8, 4) is 0 Å². The zero-order valence-corrected chi connectivity index (χ0v) is 11.6. The van der Waals surface area contributed by atoms with Gasteiger partial charge in [0.2, 0.25) is 0 Å². The fraction of sp³-hybridized carbons (Fsp3) is 0.462. The molecule has 3 nitrogen and oxygen atoms in total. The van der Waals surface area contributed by atoms with E-state index < -0.39 is 0 Å². The van der Waals surface area contributed by atoms with Gasteiger partial charge in [-0.1, -0.05) is 15.9 Å². The number of hydrogen-bond acceptors (Lipinski definition) is 2. The van der Waals surface area contributed by atoms with Crippen molar-refractivity contribution < 1.29 is 9.53 Å². The van der Waals surface area contributed by atoms with Crippen LogP contribution in [0.15, 0.2) is 28.7 Å². The van der Waals surface area contributed by atoms with Gasteiger partial charge in [-0.25, -0.2) is 0 Å². The predicted molar refractivity (Wildman–Crippen MR) is 70.0 cm³/mol. The lowest BCUT2D eigenvalue weighted by atomic mass is 9.94. The summed E-state index contributed by atoms with van der Waals surface area (Å²) in [7, 11) is 0. The van der Waals surface area contributed by atoms with Crippen LogP contribution in [0.4, 0.5) is 0 Å². The van der Waals surface area contributed by atoms with Crippen molar-refractivity contribution in [1.29, 1.82) is 0 Å². The molecule has 2 rings (SSSR count). The maximum Gasteiger partial charge on any atom is 0.251 e. The number of nitrogens with one attached hydrogen (secondary N) is 1. The third kappa shape index (κ3) is 2.69. The number of carbonyl (C=O) groups is 1. The summed E-state index contributed by atoms with van der Waals surface area (Å²) < 4.78 is 6.47. The molecule has 1 saturated heterocycles. The average Bonchev–Trinajstić information content (AvgIpc) is 2.60. The molecule has 4 heteroatoms. The molecule has 1 aromatic carbocycles. The highest BCUT2D eigenvalue weighted by atomic mass is 79.9. The van der Waals surface area contributed by atoms with Crippen molar-refractivity contribution in [2.24, 2.45) is 0 Å². The fourth-order valence-corrected chi connectivity index (χ4v) is 2.20. The third-order valence-corrected chi connectivity index (χ3v) is 3.92. The van der Waals surface area contributed by atoms with Gasteiger partial charge in [-0.05, 0) is 44.5 Å². The minimum Gasteiger partial charge on any atom is -0.376 e. The number of rotatable bonds is 2. The van der Waals surface area contributed by atoms with Gasteiger partial charge in [-0.15, -0.1) is 0 Å². The number of halogens is 1. The zero-order chi connectivity index (χ0) is 12.5. The van der Waals surface area contributed by atoms with Crippen LogP contribution >= 0.6 is 15.9 Å². The van der Waals surface area contributed by atoms with Crippen LogP contribution in [0.3, 0.4) is 0 Å². The van der Waals surface area contributed by atoms with Gasteiger partial charge >= 0.3 is 0 Å². The molecular formula is C13H16BrNO2. The summed E-state index contributed by atoms with van der Waals surface area (Å²) in [6.45, 7) is 4.73. The van der Waals surface area contributed by atoms with Gasteiger partial charge < -0.3 is 10.1 Å². The van der Waals surface area contributed by atoms with Crippen molar-refractivity contribution in [1.82, 2.24) is 5.32 Å². The molecule has 0 bridgehead atoms. The number of amides is 1. The Labute approximate surface area is 110 Å². The molecule has 2 unspecified atom stereocenters. The highest BCUT2D eigenvalue weighted by Crippen LogP contribution is 2.25. The van der Waals surface area contributed by atoms with E-state index in [-0.39, 0.29) is 17.6 Å². The van der Waals surface area contributed by atoms with Crippen LogP contribution in [0.5, 0.6) is 0 Å². The second kappa shape index (κ2) is 4.78. The quantitative estimate of drug-likeness (QED) is 0.911. The van der Waals surface area contributed by atoms with E-state index in [1.54, 1.807) is 0 Å². The van der Waals surface area contributed by atoms with Crippen molar-refractivity contribution in [2.45, 2.75) is 31.9 Å². The molecule has 2 atom stereocenters. The van der Waals surface area contributed by atoms with E-state index in [0.29, 0.717) is 12.2 Å². The Morgan fingerprint density at radius 1 is 1.47 bits per heavy atom. The Bertz CT molecular complexity index is 418. The lowest BCUT2D eigenvalue weighted by molar-refractivity contribution is 0.0727. The molecule has 1 N–H and O–H groups in total. The van der Waals surface area contributed by atoms with Gasteiger partial charge in [0, 0.05) is 16.6 Å². The first-order chi connectivity index (χ1) is 8.01. The smallest absolute Gasteiger partial charge is 0.251 e. The number of ether oxygens (including phenoxy) is 1. The van der Waals surface area contributed by atoms with Gasteiger partial charge in [0.15, 0.2) is 0 Å². The Balaban J connectivity index is 2.09. The van der Waals surface area contributed by atoms with E-state index in [9.17, 15) is 4.79 Å². The molecule has 1 fully saturated rings. The maximum absolute atomic E-state index is 12.1. The van der Waals surface area contributed by atoms with E-state index in [1.807, 2.05) is 38.1 Å². The molecule has 1 aliphatic heterocycles. The maximum atomic E-state index is 12.1. The summed E-state index contributed by atoms with van der Waals surface area (Å²) >= 11 is 3.35. The number of hydrogen-bond donors (Lipinski definition) is 1. The second-order valence-electron chi connectivity index (χ2n) is 4.64. The van der Waals surface area contributed by atoms with Crippen LogP contribution in [-0.2, 0) is 4.74 Å². The van der Waals surface area contributed by atoms with Gasteiger partial charge in [-0.2, -0.15) is 0 Å². The van der Waals surface area contributed by atoms with Crippen molar-refractivity contribution >= 4 is 21.8 Å². The van der Waals surface area contributed by atoms with Crippen molar-refractivity contribution in [3.63, 3.8) is 0 Å². The molecule has 0 radical (unpaired) electrons. The first-order valence-electron chi connectivity index (χ1n) is 5.71. The minimum absolute atomic E-state index is 0.0441. The van der Waals surface area contributed by atoms with E-state index in [1.165, 1.54) is 0 Å². The van der Waals surface area contributed by atoms with Crippen LogP contribution in [0.2, 0.25) is 0 Å². The highest BCUT2D eigenvalue weighted by molar-refractivity contribution is 9.10. The minimum atomic E-state index is -0.260. The molecule has 1 heterocycles. The van der Waals surface area contributed by atoms with Gasteiger partial charge in [0.1, 0.15) is 0 Å². The Morgan fingerprint density at radius 2 is 2.12 bits per heavy atom. The second-order valence-corrected chi connectivity index (χ2v) is 5.56. The molecule has 0 saturated carbocycles. The number of benzene rings is 1. The molecule has 0 aliphatic carbocycles. The summed E-state index contributed by atoms with van der Waals surface area (Å²) in [5.74, 6) is -0.0441. The van der Waals surface area contributed by atoms with Crippen LogP contribution in [0, 0.1) is 0 Å². The first kappa shape index (κ1) is 12.6. The Kier molecular flexibility index (Phi) is 3.54. The van der Waals surface area contributed by atoms with E-state index in [0.717, 1.165) is 10.9 Å². The van der Waals surface area contributed by atoms with E-state index in [2.05, 4.69) is 21.2 Å². The monoisotopic (exact) mass is 297 g/mol. The third-order valence-electron chi connectivity index (χ3n) is 3.39. The number of carbonyl (C=O) groups excluding carboxylic acids is 1. The molecule has 0 spiro atoms. The summed E-state index contributed by atoms with van der Waals surface area (Å²) in [6.07, 6.45) is 0.915. The topological polar surface area (TPSA) is 38.3 Å². The lowest BCUT2D eigenvalue weighted by Gasteiger charge is -2.28. The summed E-state index contributed by atoms with van der Waals surface area (Å²) in [4.78, 5) is 12.1. The van der Waals surface area contributed by atoms with Crippen molar-refractivity contribution in [3.05, 3.63) is 34.3 Å². The molecule has 1 aliphatic rings. The molecule has 17 heavy (non-hydrogen) atoms. The molecule has 1 amide bonds. The molecule has 92 valence electrons. The lowest BCUT2D eigenvalue weighted by Crippen LogP contribution is -2.50. The fourth-order valence-electron chi connectivity index (χ4n) is 1.93. The molecule has 0 aromatic heterocycles. The van der Waals surface area contributed by atoms with E-state index in [4.69, 9.17) is 4.74 Å². The standard InChI is InChI=1S/C13H16BrNO2/c1-9-13(2,7-8-17-9)15-12(16)10-3-5-11(14)6-4-10/h3-6,9H,7-8H2,1-2H3,(H,15,16). The normalized spacial score (nSPS) is 28.1.